The molecule has 0 fully saturated rings. The number of pyridine rings is 1. The molecule has 0 aliphatic carbocycles. The van der Waals surface area contributed by atoms with Gasteiger partial charge < -0.3 is 10.4 Å². The van der Waals surface area contributed by atoms with Gasteiger partial charge in [-0.15, -0.1) is 11.3 Å². The highest BCUT2D eigenvalue weighted by Gasteiger charge is 2.10. The van der Waals surface area contributed by atoms with Gasteiger partial charge >= 0.3 is 0 Å². The lowest BCUT2D eigenvalue weighted by Crippen LogP contribution is -2.26. The molecule has 104 valence electrons. The molecule has 2 heterocycles. The van der Waals surface area contributed by atoms with Gasteiger partial charge in [-0.3, -0.25) is 4.98 Å². The monoisotopic (exact) mass is 278 g/mol. The molecule has 2 N–H and O–H groups in total. The lowest BCUT2D eigenvalue weighted by molar-refractivity contribution is 0.249. The van der Waals surface area contributed by atoms with Gasteiger partial charge in [0.15, 0.2) is 0 Å². The lowest BCUT2D eigenvalue weighted by Gasteiger charge is -2.19. The van der Waals surface area contributed by atoms with Crippen molar-refractivity contribution in [3.8, 4) is 0 Å². The molecule has 0 aromatic carbocycles. The Kier molecular flexibility index (Phi) is 5.31. The summed E-state index contributed by atoms with van der Waals surface area (Å²) in [7, 11) is 0. The minimum atomic E-state index is 0.275. The molecule has 0 aliphatic rings. The second kappa shape index (κ2) is 6.98. The molecule has 0 saturated carbocycles. The summed E-state index contributed by atoms with van der Waals surface area (Å²) in [5.74, 6) is 0.547. The first-order chi connectivity index (χ1) is 9.24. The van der Waals surface area contributed by atoms with E-state index in [0.717, 1.165) is 24.9 Å². The molecule has 2 atom stereocenters. The van der Waals surface area contributed by atoms with Crippen molar-refractivity contribution < 1.29 is 5.11 Å². The van der Waals surface area contributed by atoms with Crippen LogP contribution in [0.25, 0.3) is 10.2 Å². The number of hydrogen-bond acceptors (Lipinski definition) is 4. The van der Waals surface area contributed by atoms with Crippen molar-refractivity contribution in [2.45, 2.75) is 32.7 Å². The summed E-state index contributed by atoms with van der Waals surface area (Å²) in [6, 6.07) is 4.57. The predicted octanol–water partition coefficient (Wildman–Crippen LogP) is 3.36. The first kappa shape index (κ1) is 14.4. The van der Waals surface area contributed by atoms with Crippen molar-refractivity contribution in [1.29, 1.82) is 0 Å². The number of nitrogens with one attached hydrogen (secondary N) is 1. The molecule has 2 rings (SSSR count). The minimum absolute atomic E-state index is 0.275. The van der Waals surface area contributed by atoms with E-state index in [1.807, 2.05) is 6.20 Å². The van der Waals surface area contributed by atoms with E-state index in [1.165, 1.54) is 10.3 Å². The van der Waals surface area contributed by atoms with E-state index in [4.69, 9.17) is 5.11 Å². The Labute approximate surface area is 118 Å². The van der Waals surface area contributed by atoms with Crippen LogP contribution in [-0.2, 0) is 0 Å². The first-order valence-electron chi connectivity index (χ1n) is 6.92. The summed E-state index contributed by atoms with van der Waals surface area (Å²) in [5.41, 5.74) is 2.31. The zero-order chi connectivity index (χ0) is 13.7. The number of aliphatic hydroxyl groups excluding tert-OH is 1. The van der Waals surface area contributed by atoms with Gasteiger partial charge in [-0.25, -0.2) is 0 Å². The third-order valence-electron chi connectivity index (χ3n) is 3.65. The third-order valence-corrected chi connectivity index (χ3v) is 4.50. The Hall–Kier alpha value is -0.970. The van der Waals surface area contributed by atoms with Crippen molar-refractivity contribution in [2.24, 2.45) is 5.92 Å². The van der Waals surface area contributed by atoms with Gasteiger partial charge in [-0.05, 0) is 48.9 Å². The SMILES string of the molecule is CCC(CCO)CNC(C)c1cnc2ccsc2c1. The highest BCUT2D eigenvalue weighted by atomic mass is 32.1. The highest BCUT2D eigenvalue weighted by Crippen LogP contribution is 2.22. The van der Waals surface area contributed by atoms with Gasteiger partial charge in [-0.2, -0.15) is 0 Å². The number of aromatic nitrogens is 1. The Morgan fingerprint density at radius 2 is 2.32 bits per heavy atom. The number of aliphatic hydroxyl groups is 1. The summed E-state index contributed by atoms with van der Waals surface area (Å²) in [6.07, 6.45) is 3.93. The van der Waals surface area contributed by atoms with E-state index < -0.39 is 0 Å². The van der Waals surface area contributed by atoms with E-state index in [0.29, 0.717) is 12.0 Å². The van der Waals surface area contributed by atoms with Crippen LogP contribution in [0, 0.1) is 5.92 Å². The Bertz CT molecular complexity index is 512. The predicted molar refractivity (Wildman–Crippen MR) is 81.5 cm³/mol. The zero-order valence-corrected chi connectivity index (χ0v) is 12.4. The van der Waals surface area contributed by atoms with Crippen molar-refractivity contribution in [1.82, 2.24) is 10.3 Å². The van der Waals surface area contributed by atoms with E-state index in [-0.39, 0.29) is 6.61 Å². The van der Waals surface area contributed by atoms with E-state index in [1.54, 1.807) is 11.3 Å². The molecule has 0 aliphatic heterocycles. The van der Waals surface area contributed by atoms with Crippen LogP contribution in [0.1, 0.15) is 38.3 Å². The van der Waals surface area contributed by atoms with Gasteiger partial charge in [0.2, 0.25) is 0 Å². The molecule has 0 saturated heterocycles. The van der Waals surface area contributed by atoms with E-state index in [2.05, 4.69) is 41.7 Å². The molecule has 2 aromatic rings. The van der Waals surface area contributed by atoms with Crippen molar-refractivity contribution >= 4 is 21.6 Å². The largest absolute Gasteiger partial charge is 0.396 e. The number of fused-ring (bicyclic) bond motifs is 1. The van der Waals surface area contributed by atoms with E-state index >= 15 is 0 Å². The van der Waals surface area contributed by atoms with Crippen LogP contribution < -0.4 is 5.32 Å². The number of thiophene rings is 1. The summed E-state index contributed by atoms with van der Waals surface area (Å²) < 4.78 is 1.24. The fourth-order valence-corrected chi connectivity index (χ4v) is 2.98. The van der Waals surface area contributed by atoms with Gasteiger partial charge in [0.25, 0.3) is 0 Å². The molecule has 0 spiro atoms. The van der Waals surface area contributed by atoms with Crippen LogP contribution in [-0.4, -0.2) is 23.2 Å². The quantitative estimate of drug-likeness (QED) is 0.816. The second-order valence-electron chi connectivity index (χ2n) is 4.99. The minimum Gasteiger partial charge on any atom is -0.396 e. The number of rotatable bonds is 7. The van der Waals surface area contributed by atoms with Crippen LogP contribution in [0.4, 0.5) is 0 Å². The summed E-state index contributed by atoms with van der Waals surface area (Å²) in [4.78, 5) is 4.48. The van der Waals surface area contributed by atoms with Crippen molar-refractivity contribution in [3.05, 3.63) is 29.3 Å². The molecule has 19 heavy (non-hydrogen) atoms. The second-order valence-corrected chi connectivity index (χ2v) is 5.94. The molecular formula is C15H22N2OS. The zero-order valence-electron chi connectivity index (χ0n) is 11.6. The van der Waals surface area contributed by atoms with Gasteiger partial charge in [0, 0.05) is 18.8 Å². The maximum absolute atomic E-state index is 9.01. The molecule has 2 aromatic heterocycles. The van der Waals surface area contributed by atoms with Gasteiger partial charge in [0.05, 0.1) is 10.2 Å². The Morgan fingerprint density at radius 1 is 1.47 bits per heavy atom. The standard InChI is InChI=1S/C15H22N2OS/c1-3-12(4-6-18)9-16-11(2)13-8-15-14(17-10-13)5-7-19-15/h5,7-8,10-12,16,18H,3-4,6,9H2,1-2H3. The summed E-state index contributed by atoms with van der Waals surface area (Å²) in [5, 5.41) is 14.6. The molecule has 3 nitrogen and oxygen atoms in total. The molecule has 0 amide bonds. The first-order valence-corrected chi connectivity index (χ1v) is 7.80. The Morgan fingerprint density at radius 3 is 3.05 bits per heavy atom. The number of hydrogen-bond donors (Lipinski definition) is 2. The maximum atomic E-state index is 9.01. The smallest absolute Gasteiger partial charge is 0.0809 e. The average molecular weight is 278 g/mol. The fraction of sp³-hybridized carbons (Fsp3) is 0.533. The van der Waals surface area contributed by atoms with Crippen molar-refractivity contribution in [2.75, 3.05) is 13.2 Å². The van der Waals surface area contributed by atoms with Crippen LogP contribution in [0.3, 0.4) is 0 Å². The molecule has 0 radical (unpaired) electrons. The molecule has 0 bridgehead atoms. The fourth-order valence-electron chi connectivity index (χ4n) is 2.19. The molecule has 4 heteroatoms. The summed E-state index contributed by atoms with van der Waals surface area (Å²) in [6.45, 7) is 5.56. The Balaban J connectivity index is 1.96. The number of nitrogens with zero attached hydrogens (tertiary/aromatic N) is 1. The topological polar surface area (TPSA) is 45.1 Å². The van der Waals surface area contributed by atoms with Crippen molar-refractivity contribution in [3.63, 3.8) is 0 Å². The lowest BCUT2D eigenvalue weighted by atomic mass is 10.0. The van der Waals surface area contributed by atoms with Crippen LogP contribution in [0.2, 0.25) is 0 Å². The summed E-state index contributed by atoms with van der Waals surface area (Å²) >= 11 is 1.73. The maximum Gasteiger partial charge on any atom is 0.0809 e. The van der Waals surface area contributed by atoms with Crippen LogP contribution in [0.15, 0.2) is 23.7 Å². The normalized spacial score (nSPS) is 14.7. The third kappa shape index (κ3) is 3.75. The van der Waals surface area contributed by atoms with E-state index in [9.17, 15) is 0 Å². The van der Waals surface area contributed by atoms with Crippen LogP contribution >= 0.6 is 11.3 Å². The van der Waals surface area contributed by atoms with Gasteiger partial charge in [0.1, 0.15) is 0 Å². The molecule has 2 unspecified atom stereocenters. The van der Waals surface area contributed by atoms with Crippen LogP contribution in [0.5, 0.6) is 0 Å². The molecular weight excluding hydrogens is 256 g/mol. The highest BCUT2D eigenvalue weighted by molar-refractivity contribution is 7.17. The van der Waals surface area contributed by atoms with Gasteiger partial charge in [-0.1, -0.05) is 13.3 Å². The average Bonchev–Trinajstić information content (AvgIpc) is 2.90.